The predicted molar refractivity (Wildman–Crippen MR) is 83.6 cm³/mol. The van der Waals surface area contributed by atoms with Gasteiger partial charge in [-0.2, -0.15) is 0 Å². The molecule has 4 nitrogen and oxygen atoms in total. The molecule has 0 aliphatic heterocycles. The highest BCUT2D eigenvalue weighted by molar-refractivity contribution is 5.42. The van der Waals surface area contributed by atoms with Gasteiger partial charge >= 0.3 is 0 Å². The molecule has 4 heteroatoms. The molecule has 1 aliphatic rings. The van der Waals surface area contributed by atoms with Gasteiger partial charge in [0.15, 0.2) is 0 Å². The number of methoxy groups -OCH3 is 2. The molecular weight excluding hydrogens is 266 g/mol. The Bertz CT molecular complexity index is 477. The van der Waals surface area contributed by atoms with Crippen LogP contribution < -0.4 is 15.2 Å². The van der Waals surface area contributed by atoms with Crippen LogP contribution in [0.2, 0.25) is 0 Å². The Morgan fingerprint density at radius 2 is 2.14 bits per heavy atom. The highest BCUT2D eigenvalue weighted by atomic mass is 16.5. The van der Waals surface area contributed by atoms with E-state index < -0.39 is 6.10 Å². The molecule has 0 aromatic heterocycles. The van der Waals surface area contributed by atoms with E-state index in [4.69, 9.17) is 15.2 Å². The van der Waals surface area contributed by atoms with Crippen molar-refractivity contribution in [2.45, 2.75) is 38.7 Å². The largest absolute Gasteiger partial charge is 0.497 e. The summed E-state index contributed by atoms with van der Waals surface area (Å²) >= 11 is 0. The zero-order valence-corrected chi connectivity index (χ0v) is 13.3. The van der Waals surface area contributed by atoms with Crippen LogP contribution in [0.5, 0.6) is 11.5 Å². The van der Waals surface area contributed by atoms with Gasteiger partial charge in [0.2, 0.25) is 0 Å². The molecule has 118 valence electrons. The van der Waals surface area contributed by atoms with Crippen LogP contribution in [0.25, 0.3) is 0 Å². The third kappa shape index (κ3) is 3.16. The van der Waals surface area contributed by atoms with Gasteiger partial charge in [0.05, 0.1) is 20.3 Å². The molecule has 1 saturated carbocycles. The second kappa shape index (κ2) is 6.67. The molecule has 0 heterocycles. The van der Waals surface area contributed by atoms with E-state index in [0.29, 0.717) is 18.2 Å². The molecule has 21 heavy (non-hydrogen) atoms. The van der Waals surface area contributed by atoms with E-state index in [-0.39, 0.29) is 5.41 Å². The predicted octanol–water partition coefficient (Wildman–Crippen LogP) is 2.89. The number of nitrogens with two attached hydrogens (primary N) is 1. The monoisotopic (exact) mass is 293 g/mol. The van der Waals surface area contributed by atoms with E-state index in [9.17, 15) is 5.11 Å². The van der Waals surface area contributed by atoms with Gasteiger partial charge in [-0.3, -0.25) is 0 Å². The fourth-order valence-corrected chi connectivity index (χ4v) is 3.62. The van der Waals surface area contributed by atoms with E-state index >= 15 is 0 Å². The van der Waals surface area contributed by atoms with Crippen LogP contribution in [-0.2, 0) is 0 Å². The lowest BCUT2D eigenvalue weighted by atomic mass is 9.65. The lowest BCUT2D eigenvalue weighted by Gasteiger charge is -2.43. The van der Waals surface area contributed by atoms with Crippen LogP contribution in [0.4, 0.5) is 0 Å². The van der Waals surface area contributed by atoms with Gasteiger partial charge in [-0.15, -0.1) is 0 Å². The van der Waals surface area contributed by atoms with Gasteiger partial charge in [-0.05, 0) is 30.9 Å². The van der Waals surface area contributed by atoms with Crippen molar-refractivity contribution in [2.75, 3.05) is 20.8 Å². The second-order valence-corrected chi connectivity index (χ2v) is 6.28. The van der Waals surface area contributed by atoms with E-state index in [2.05, 4.69) is 6.92 Å². The summed E-state index contributed by atoms with van der Waals surface area (Å²) in [6.45, 7) is 2.73. The van der Waals surface area contributed by atoms with Crippen molar-refractivity contribution in [3.05, 3.63) is 23.8 Å². The Morgan fingerprint density at radius 1 is 1.38 bits per heavy atom. The maximum atomic E-state index is 11.0. The maximum absolute atomic E-state index is 11.0. The van der Waals surface area contributed by atoms with E-state index in [1.165, 1.54) is 6.42 Å². The topological polar surface area (TPSA) is 64.7 Å². The standard InChI is InChI=1S/C17H27NO3/c1-12-5-4-8-17(10-12,11-18)16(19)14-7-6-13(20-2)9-15(14)21-3/h6-7,9,12,16,19H,4-5,8,10-11,18H2,1-3H3. The number of rotatable bonds is 5. The molecule has 0 bridgehead atoms. The molecule has 1 aromatic rings. The summed E-state index contributed by atoms with van der Waals surface area (Å²) in [5.41, 5.74) is 6.61. The maximum Gasteiger partial charge on any atom is 0.128 e. The summed E-state index contributed by atoms with van der Waals surface area (Å²) in [4.78, 5) is 0. The van der Waals surface area contributed by atoms with Gasteiger partial charge in [0.1, 0.15) is 11.5 Å². The van der Waals surface area contributed by atoms with Gasteiger partial charge < -0.3 is 20.3 Å². The Kier molecular flexibility index (Phi) is 5.12. The summed E-state index contributed by atoms with van der Waals surface area (Å²) in [7, 11) is 3.23. The average molecular weight is 293 g/mol. The fraction of sp³-hybridized carbons (Fsp3) is 0.647. The lowest BCUT2D eigenvalue weighted by molar-refractivity contribution is -0.0143. The number of aliphatic hydroxyl groups excluding tert-OH is 1. The number of ether oxygens (including phenoxy) is 2. The van der Waals surface area contributed by atoms with Crippen molar-refractivity contribution in [2.24, 2.45) is 17.1 Å². The number of hydrogen-bond donors (Lipinski definition) is 2. The first kappa shape index (κ1) is 16.1. The zero-order valence-electron chi connectivity index (χ0n) is 13.3. The first-order chi connectivity index (χ1) is 10.1. The smallest absolute Gasteiger partial charge is 0.128 e. The van der Waals surface area contributed by atoms with E-state index in [1.807, 2.05) is 18.2 Å². The van der Waals surface area contributed by atoms with Gasteiger partial charge in [0.25, 0.3) is 0 Å². The third-order valence-corrected chi connectivity index (χ3v) is 4.85. The Morgan fingerprint density at radius 3 is 2.71 bits per heavy atom. The summed E-state index contributed by atoms with van der Waals surface area (Å²) in [6.07, 6.45) is 3.65. The van der Waals surface area contributed by atoms with Crippen LogP contribution in [0.1, 0.15) is 44.3 Å². The number of benzene rings is 1. The molecule has 1 aliphatic carbocycles. The number of hydrogen-bond acceptors (Lipinski definition) is 4. The molecule has 0 saturated heterocycles. The molecule has 3 N–H and O–H groups in total. The second-order valence-electron chi connectivity index (χ2n) is 6.28. The zero-order chi connectivity index (χ0) is 15.5. The summed E-state index contributed by atoms with van der Waals surface area (Å²) in [5, 5.41) is 11.0. The Balaban J connectivity index is 2.35. The fourth-order valence-electron chi connectivity index (χ4n) is 3.62. The number of aliphatic hydroxyl groups is 1. The average Bonchev–Trinajstić information content (AvgIpc) is 2.53. The molecule has 0 spiro atoms. The molecular formula is C17H27NO3. The van der Waals surface area contributed by atoms with Crippen LogP contribution in [-0.4, -0.2) is 25.9 Å². The first-order valence-corrected chi connectivity index (χ1v) is 7.66. The highest BCUT2D eigenvalue weighted by Gasteiger charge is 2.41. The molecule has 1 fully saturated rings. The summed E-state index contributed by atoms with van der Waals surface area (Å²) in [6, 6.07) is 5.56. The van der Waals surface area contributed by atoms with E-state index in [0.717, 1.165) is 30.6 Å². The van der Waals surface area contributed by atoms with Crippen molar-refractivity contribution < 1.29 is 14.6 Å². The molecule has 3 atom stereocenters. The molecule has 1 aromatic carbocycles. The van der Waals surface area contributed by atoms with Crippen molar-refractivity contribution in [1.29, 1.82) is 0 Å². The highest BCUT2D eigenvalue weighted by Crippen LogP contribution is 2.49. The minimum absolute atomic E-state index is 0.250. The summed E-state index contributed by atoms with van der Waals surface area (Å²) < 4.78 is 10.7. The lowest BCUT2D eigenvalue weighted by Crippen LogP contribution is -2.40. The summed E-state index contributed by atoms with van der Waals surface area (Å²) in [5.74, 6) is 1.98. The van der Waals surface area contributed by atoms with Gasteiger partial charge in [-0.25, -0.2) is 0 Å². The Hall–Kier alpha value is -1.26. The molecule has 2 rings (SSSR count). The normalized spacial score (nSPS) is 27.2. The minimum Gasteiger partial charge on any atom is -0.497 e. The quantitative estimate of drug-likeness (QED) is 0.876. The molecule has 0 radical (unpaired) electrons. The van der Waals surface area contributed by atoms with Crippen molar-refractivity contribution in [1.82, 2.24) is 0 Å². The van der Waals surface area contributed by atoms with Crippen LogP contribution >= 0.6 is 0 Å². The molecule has 0 amide bonds. The van der Waals surface area contributed by atoms with E-state index in [1.54, 1.807) is 14.2 Å². The Labute approximate surface area is 127 Å². The third-order valence-electron chi connectivity index (χ3n) is 4.85. The van der Waals surface area contributed by atoms with Crippen LogP contribution in [0, 0.1) is 11.3 Å². The van der Waals surface area contributed by atoms with Crippen molar-refractivity contribution in [3.8, 4) is 11.5 Å². The van der Waals surface area contributed by atoms with Crippen molar-refractivity contribution >= 4 is 0 Å². The SMILES string of the molecule is COc1ccc(C(O)C2(CN)CCCC(C)C2)c(OC)c1. The minimum atomic E-state index is -0.605. The van der Waals surface area contributed by atoms with Crippen molar-refractivity contribution in [3.63, 3.8) is 0 Å². The first-order valence-electron chi connectivity index (χ1n) is 7.66. The van der Waals surface area contributed by atoms with Crippen LogP contribution in [0.3, 0.4) is 0 Å². The van der Waals surface area contributed by atoms with Crippen LogP contribution in [0.15, 0.2) is 18.2 Å². The molecule has 3 unspecified atom stereocenters. The van der Waals surface area contributed by atoms with Gasteiger partial charge in [0, 0.05) is 23.6 Å². The van der Waals surface area contributed by atoms with Gasteiger partial charge in [-0.1, -0.05) is 19.8 Å².